The van der Waals surface area contributed by atoms with Crippen LogP contribution in [0.2, 0.25) is 5.02 Å². The van der Waals surface area contributed by atoms with Crippen LogP contribution in [-0.4, -0.2) is 15.8 Å². The minimum atomic E-state index is -1.04. The molecule has 96 valence electrons. The monoisotopic (exact) mass is 266 g/mol. The van der Waals surface area contributed by atoms with Crippen LogP contribution in [-0.2, 0) is 0 Å². The Balaban J connectivity index is 1.98. The number of fused-ring (bicyclic) bond motifs is 1. The SMILES string of the molecule is OC(c1cc2cc(Cl)ccc2o1)C1(O)CCCC1. The van der Waals surface area contributed by atoms with Gasteiger partial charge in [-0.2, -0.15) is 0 Å². The van der Waals surface area contributed by atoms with Crippen LogP contribution in [0, 0.1) is 0 Å². The zero-order valence-electron chi connectivity index (χ0n) is 9.90. The highest BCUT2D eigenvalue weighted by molar-refractivity contribution is 6.31. The van der Waals surface area contributed by atoms with Crippen molar-refractivity contribution in [2.45, 2.75) is 37.4 Å². The number of furan rings is 1. The fraction of sp³-hybridized carbons (Fsp3) is 0.429. The van der Waals surface area contributed by atoms with E-state index in [0.717, 1.165) is 18.2 Å². The van der Waals surface area contributed by atoms with Gasteiger partial charge < -0.3 is 14.6 Å². The highest BCUT2D eigenvalue weighted by atomic mass is 35.5. The highest BCUT2D eigenvalue weighted by Crippen LogP contribution is 2.41. The number of hydrogen-bond donors (Lipinski definition) is 2. The summed E-state index contributed by atoms with van der Waals surface area (Å²) in [6, 6.07) is 7.05. The van der Waals surface area contributed by atoms with Crippen molar-refractivity contribution in [2.24, 2.45) is 0 Å². The van der Waals surface area contributed by atoms with Crippen molar-refractivity contribution < 1.29 is 14.6 Å². The van der Waals surface area contributed by atoms with Crippen LogP contribution in [0.25, 0.3) is 11.0 Å². The van der Waals surface area contributed by atoms with E-state index >= 15 is 0 Å². The molecule has 3 nitrogen and oxygen atoms in total. The fourth-order valence-corrected chi connectivity index (χ4v) is 2.88. The number of rotatable bonds is 2. The summed E-state index contributed by atoms with van der Waals surface area (Å²) in [5.41, 5.74) is -0.368. The molecule has 0 aliphatic heterocycles. The standard InChI is InChI=1S/C14H15ClO3/c15-10-3-4-11-9(7-10)8-12(18-11)13(16)14(17)5-1-2-6-14/h3-4,7-8,13,16-17H,1-2,5-6H2. The summed E-state index contributed by atoms with van der Waals surface area (Å²) in [5.74, 6) is 0.414. The Kier molecular flexibility index (Phi) is 2.85. The zero-order chi connectivity index (χ0) is 12.8. The maximum atomic E-state index is 10.4. The Bertz CT molecular complexity index is 569. The fourth-order valence-electron chi connectivity index (χ4n) is 2.69. The molecule has 1 aliphatic rings. The van der Waals surface area contributed by atoms with Crippen LogP contribution >= 0.6 is 11.6 Å². The van der Waals surface area contributed by atoms with Crippen molar-refractivity contribution >= 4 is 22.6 Å². The van der Waals surface area contributed by atoms with E-state index in [2.05, 4.69) is 0 Å². The average molecular weight is 267 g/mol. The van der Waals surface area contributed by atoms with Crippen molar-refractivity contribution in [1.82, 2.24) is 0 Å². The van der Waals surface area contributed by atoms with Gasteiger partial charge in [0.1, 0.15) is 17.4 Å². The van der Waals surface area contributed by atoms with E-state index in [0.29, 0.717) is 29.2 Å². The zero-order valence-corrected chi connectivity index (χ0v) is 10.7. The number of aliphatic hydroxyl groups is 2. The highest BCUT2D eigenvalue weighted by Gasteiger charge is 2.40. The minimum absolute atomic E-state index is 0.414. The molecule has 1 fully saturated rings. The molecular weight excluding hydrogens is 252 g/mol. The molecule has 0 radical (unpaired) electrons. The predicted octanol–water partition coefficient (Wildman–Crippen LogP) is 3.42. The largest absolute Gasteiger partial charge is 0.458 e. The van der Waals surface area contributed by atoms with Gasteiger partial charge in [-0.25, -0.2) is 0 Å². The molecular formula is C14H15ClO3. The summed E-state index contributed by atoms with van der Waals surface area (Å²) in [7, 11) is 0. The molecule has 0 amide bonds. The van der Waals surface area contributed by atoms with Gasteiger partial charge in [-0.1, -0.05) is 24.4 Å². The average Bonchev–Trinajstić information content (AvgIpc) is 2.94. The third-order valence-electron chi connectivity index (χ3n) is 3.75. The van der Waals surface area contributed by atoms with Crippen molar-refractivity contribution in [3.05, 3.63) is 35.0 Å². The van der Waals surface area contributed by atoms with Crippen molar-refractivity contribution in [3.8, 4) is 0 Å². The van der Waals surface area contributed by atoms with E-state index in [1.54, 1.807) is 24.3 Å². The number of aliphatic hydroxyl groups excluding tert-OH is 1. The number of benzene rings is 1. The maximum absolute atomic E-state index is 10.4. The molecule has 1 atom stereocenters. The summed E-state index contributed by atoms with van der Waals surface area (Å²) < 4.78 is 5.59. The molecule has 1 saturated carbocycles. The molecule has 1 aromatic carbocycles. The van der Waals surface area contributed by atoms with Crippen LogP contribution in [0.15, 0.2) is 28.7 Å². The van der Waals surface area contributed by atoms with E-state index in [9.17, 15) is 10.2 Å². The van der Waals surface area contributed by atoms with Crippen LogP contribution in [0.1, 0.15) is 37.5 Å². The lowest BCUT2D eigenvalue weighted by molar-refractivity contribution is -0.0801. The molecule has 1 aromatic heterocycles. The minimum Gasteiger partial charge on any atom is -0.458 e. The molecule has 4 heteroatoms. The van der Waals surface area contributed by atoms with Crippen LogP contribution in [0.3, 0.4) is 0 Å². The Morgan fingerprint density at radius 3 is 2.67 bits per heavy atom. The van der Waals surface area contributed by atoms with E-state index in [1.165, 1.54) is 0 Å². The summed E-state index contributed by atoms with van der Waals surface area (Å²) in [6.07, 6.45) is 2.16. The molecule has 1 aliphatic carbocycles. The van der Waals surface area contributed by atoms with Gasteiger partial charge in [0.05, 0.1) is 5.60 Å². The lowest BCUT2D eigenvalue weighted by Crippen LogP contribution is -2.32. The van der Waals surface area contributed by atoms with Gasteiger partial charge in [0.15, 0.2) is 0 Å². The molecule has 0 saturated heterocycles. The molecule has 2 N–H and O–H groups in total. The van der Waals surface area contributed by atoms with Crippen LogP contribution < -0.4 is 0 Å². The maximum Gasteiger partial charge on any atom is 0.140 e. The van der Waals surface area contributed by atoms with E-state index < -0.39 is 11.7 Å². The Labute approximate surface area is 110 Å². The van der Waals surface area contributed by atoms with E-state index in [1.807, 2.05) is 0 Å². The lowest BCUT2D eigenvalue weighted by atomic mass is 9.93. The van der Waals surface area contributed by atoms with Crippen molar-refractivity contribution in [2.75, 3.05) is 0 Å². The van der Waals surface area contributed by atoms with Crippen LogP contribution in [0.5, 0.6) is 0 Å². The van der Waals surface area contributed by atoms with Gasteiger partial charge in [0, 0.05) is 10.4 Å². The van der Waals surface area contributed by atoms with Gasteiger partial charge >= 0.3 is 0 Å². The Hall–Kier alpha value is -1.03. The summed E-state index contributed by atoms with van der Waals surface area (Å²) >= 11 is 5.91. The molecule has 0 spiro atoms. The Morgan fingerprint density at radius 2 is 1.94 bits per heavy atom. The van der Waals surface area contributed by atoms with E-state index in [4.69, 9.17) is 16.0 Å². The number of hydrogen-bond acceptors (Lipinski definition) is 3. The van der Waals surface area contributed by atoms with Gasteiger partial charge in [-0.15, -0.1) is 0 Å². The summed E-state index contributed by atoms with van der Waals surface area (Å²) in [4.78, 5) is 0. The first kappa shape index (κ1) is 12.0. The van der Waals surface area contributed by atoms with Crippen molar-refractivity contribution in [1.29, 1.82) is 0 Å². The second-order valence-electron chi connectivity index (χ2n) is 5.04. The summed E-state index contributed by atoms with van der Waals surface area (Å²) in [6.45, 7) is 0. The third-order valence-corrected chi connectivity index (χ3v) is 3.98. The molecule has 1 heterocycles. The van der Waals surface area contributed by atoms with Gasteiger partial charge in [-0.05, 0) is 37.1 Å². The van der Waals surface area contributed by atoms with Crippen molar-refractivity contribution in [3.63, 3.8) is 0 Å². The first-order valence-electron chi connectivity index (χ1n) is 6.18. The topological polar surface area (TPSA) is 53.6 Å². The Morgan fingerprint density at radius 1 is 1.22 bits per heavy atom. The summed E-state index contributed by atoms with van der Waals surface area (Å²) in [5, 5.41) is 22.1. The van der Waals surface area contributed by atoms with Gasteiger partial charge in [0.25, 0.3) is 0 Å². The molecule has 2 aromatic rings. The lowest BCUT2D eigenvalue weighted by Gasteiger charge is -2.26. The van der Waals surface area contributed by atoms with Gasteiger partial charge in [0.2, 0.25) is 0 Å². The second-order valence-corrected chi connectivity index (χ2v) is 5.48. The normalized spacial score (nSPS) is 20.4. The van der Waals surface area contributed by atoms with E-state index in [-0.39, 0.29) is 0 Å². The third kappa shape index (κ3) is 1.92. The van der Waals surface area contributed by atoms with Gasteiger partial charge in [-0.3, -0.25) is 0 Å². The predicted molar refractivity (Wildman–Crippen MR) is 69.6 cm³/mol. The molecule has 18 heavy (non-hydrogen) atoms. The van der Waals surface area contributed by atoms with Crippen LogP contribution in [0.4, 0.5) is 0 Å². The molecule has 1 unspecified atom stereocenters. The molecule has 3 rings (SSSR count). The molecule has 0 bridgehead atoms. The quantitative estimate of drug-likeness (QED) is 0.876. The second kappa shape index (κ2) is 4.26. The smallest absolute Gasteiger partial charge is 0.140 e. The first-order chi connectivity index (χ1) is 8.58. The number of halogens is 1. The first-order valence-corrected chi connectivity index (χ1v) is 6.56.